The fraction of sp³-hybridized carbons (Fsp3) is 0.478. The van der Waals surface area contributed by atoms with Gasteiger partial charge < -0.3 is 24.0 Å². The van der Waals surface area contributed by atoms with Crippen molar-refractivity contribution in [3.8, 4) is 28.4 Å². The van der Waals surface area contributed by atoms with Crippen LogP contribution in [0.1, 0.15) is 0 Å². The van der Waals surface area contributed by atoms with Crippen molar-refractivity contribution in [1.29, 1.82) is 0 Å². The number of rotatable bonds is 6. The predicted octanol–water partition coefficient (Wildman–Crippen LogP) is 1.86. The van der Waals surface area contributed by atoms with Crippen LogP contribution < -0.4 is 19.1 Å². The van der Waals surface area contributed by atoms with E-state index in [1.165, 1.54) is 0 Å². The zero-order chi connectivity index (χ0) is 22.2. The Kier molecular flexibility index (Phi) is 5.52. The summed E-state index contributed by atoms with van der Waals surface area (Å²) < 4.78 is 18.3. The lowest BCUT2D eigenvalue weighted by Gasteiger charge is -2.48. The number of aromatic nitrogens is 3. The molecule has 0 aliphatic carbocycles. The number of ether oxygens (including phenoxy) is 3. The second-order valence-electron chi connectivity index (χ2n) is 8.45. The van der Waals surface area contributed by atoms with Gasteiger partial charge in [0.05, 0.1) is 45.6 Å². The minimum absolute atomic E-state index is 0.568. The minimum Gasteiger partial charge on any atom is -0.493 e. The number of benzene rings is 1. The summed E-state index contributed by atoms with van der Waals surface area (Å²) in [5.41, 5.74) is 3.71. The van der Waals surface area contributed by atoms with Crippen molar-refractivity contribution in [3.05, 3.63) is 30.7 Å². The number of likely N-dealkylation sites (N-methyl/N-ethyl adjacent to an activating group) is 1. The van der Waals surface area contributed by atoms with Crippen molar-refractivity contribution in [2.75, 3.05) is 72.5 Å². The fourth-order valence-corrected chi connectivity index (χ4v) is 4.55. The van der Waals surface area contributed by atoms with Crippen molar-refractivity contribution in [1.82, 2.24) is 24.4 Å². The minimum atomic E-state index is 0.568. The number of methoxy groups -OCH3 is 3. The summed E-state index contributed by atoms with van der Waals surface area (Å²) >= 11 is 0. The molecule has 2 fully saturated rings. The van der Waals surface area contributed by atoms with Crippen LogP contribution in [0.3, 0.4) is 0 Å². The van der Waals surface area contributed by atoms with Crippen LogP contribution in [0.25, 0.3) is 16.8 Å². The molecule has 0 radical (unpaired) electrons. The normalized spacial score (nSPS) is 18.1. The molecule has 170 valence electrons. The Labute approximate surface area is 188 Å². The Morgan fingerprint density at radius 3 is 2.22 bits per heavy atom. The van der Waals surface area contributed by atoms with Gasteiger partial charge in [0.1, 0.15) is 0 Å². The van der Waals surface area contributed by atoms with Crippen molar-refractivity contribution in [3.63, 3.8) is 0 Å². The Bertz CT molecular complexity index is 1080. The zero-order valence-electron chi connectivity index (χ0n) is 19.1. The van der Waals surface area contributed by atoms with E-state index in [1.54, 1.807) is 21.3 Å². The van der Waals surface area contributed by atoms with Crippen LogP contribution in [0.5, 0.6) is 17.2 Å². The highest BCUT2D eigenvalue weighted by molar-refractivity contribution is 5.80. The maximum absolute atomic E-state index is 5.50. The van der Waals surface area contributed by atoms with Crippen molar-refractivity contribution >= 4 is 11.3 Å². The Balaban J connectivity index is 1.36. The summed E-state index contributed by atoms with van der Waals surface area (Å²) in [6.45, 7) is 6.70. The van der Waals surface area contributed by atoms with E-state index in [-0.39, 0.29) is 0 Å². The molecule has 0 unspecified atom stereocenters. The van der Waals surface area contributed by atoms with Gasteiger partial charge in [0.25, 0.3) is 0 Å². The number of hydrogen-bond donors (Lipinski definition) is 0. The molecule has 32 heavy (non-hydrogen) atoms. The summed E-state index contributed by atoms with van der Waals surface area (Å²) in [4.78, 5) is 12.1. The van der Waals surface area contributed by atoms with Crippen LogP contribution in [0.4, 0.5) is 5.69 Å². The predicted molar refractivity (Wildman–Crippen MR) is 123 cm³/mol. The van der Waals surface area contributed by atoms with Gasteiger partial charge in [-0.05, 0) is 24.7 Å². The average molecular weight is 439 g/mol. The molecular weight excluding hydrogens is 408 g/mol. The van der Waals surface area contributed by atoms with E-state index in [0.29, 0.717) is 23.3 Å². The number of nitrogens with zero attached hydrogens (tertiary/aromatic N) is 6. The highest BCUT2D eigenvalue weighted by atomic mass is 16.5. The van der Waals surface area contributed by atoms with E-state index >= 15 is 0 Å². The van der Waals surface area contributed by atoms with Gasteiger partial charge in [-0.15, -0.1) is 0 Å². The standard InChI is InChI=1S/C23H30N6O3/c1-26-5-7-27(8-6-26)18-13-28(14-18)17-11-24-23-19(12-25-29(23)15-17)16-9-20(30-2)22(32-4)21(10-16)31-3/h9-12,15,18H,5-8,13-14H2,1-4H3. The molecule has 0 atom stereocenters. The number of anilines is 1. The first-order valence-corrected chi connectivity index (χ1v) is 10.9. The maximum Gasteiger partial charge on any atom is 0.203 e. The monoisotopic (exact) mass is 438 g/mol. The number of fused-ring (bicyclic) bond motifs is 1. The van der Waals surface area contributed by atoms with Crippen LogP contribution in [-0.4, -0.2) is 98.1 Å². The quantitative estimate of drug-likeness (QED) is 0.578. The molecule has 3 aromatic rings. The van der Waals surface area contributed by atoms with Crippen molar-refractivity contribution < 1.29 is 14.2 Å². The van der Waals surface area contributed by atoms with Gasteiger partial charge in [-0.3, -0.25) is 4.90 Å². The summed E-state index contributed by atoms with van der Waals surface area (Å²) in [5.74, 6) is 1.78. The van der Waals surface area contributed by atoms with Gasteiger partial charge in [0.15, 0.2) is 17.1 Å². The van der Waals surface area contributed by atoms with E-state index < -0.39 is 0 Å². The highest BCUT2D eigenvalue weighted by Gasteiger charge is 2.33. The summed E-state index contributed by atoms with van der Waals surface area (Å²) in [5, 5.41) is 4.57. The number of piperazine rings is 1. The van der Waals surface area contributed by atoms with Crippen LogP contribution in [0.2, 0.25) is 0 Å². The molecule has 2 aliphatic heterocycles. The molecule has 0 spiro atoms. The summed E-state index contributed by atoms with van der Waals surface area (Å²) in [7, 11) is 7.03. The van der Waals surface area contributed by atoms with Crippen LogP contribution in [0, 0.1) is 0 Å². The lowest BCUT2D eigenvalue weighted by molar-refractivity contribution is 0.0963. The Morgan fingerprint density at radius 2 is 1.59 bits per heavy atom. The van der Waals surface area contributed by atoms with Crippen LogP contribution in [0.15, 0.2) is 30.7 Å². The van der Waals surface area contributed by atoms with Crippen LogP contribution in [-0.2, 0) is 0 Å². The maximum atomic E-state index is 5.50. The smallest absolute Gasteiger partial charge is 0.203 e. The third-order valence-electron chi connectivity index (χ3n) is 6.60. The zero-order valence-corrected chi connectivity index (χ0v) is 19.1. The van der Waals surface area contributed by atoms with Gasteiger partial charge in [0.2, 0.25) is 5.75 Å². The third kappa shape index (κ3) is 3.61. The molecule has 0 saturated carbocycles. The third-order valence-corrected chi connectivity index (χ3v) is 6.60. The van der Waals surface area contributed by atoms with Crippen molar-refractivity contribution in [2.45, 2.75) is 6.04 Å². The molecule has 0 bridgehead atoms. The molecule has 2 saturated heterocycles. The molecule has 0 amide bonds. The fourth-order valence-electron chi connectivity index (χ4n) is 4.55. The molecule has 1 aromatic carbocycles. The first kappa shape index (κ1) is 20.8. The molecule has 0 N–H and O–H groups in total. The summed E-state index contributed by atoms with van der Waals surface area (Å²) in [6, 6.07) is 4.47. The van der Waals surface area contributed by atoms with E-state index in [1.807, 2.05) is 29.0 Å². The van der Waals surface area contributed by atoms with Crippen molar-refractivity contribution in [2.24, 2.45) is 0 Å². The second-order valence-corrected chi connectivity index (χ2v) is 8.45. The van der Waals surface area contributed by atoms with E-state index in [2.05, 4.69) is 33.0 Å². The van der Waals surface area contributed by atoms with Crippen LogP contribution >= 0.6 is 0 Å². The molecule has 9 nitrogen and oxygen atoms in total. The van der Waals surface area contributed by atoms with Gasteiger partial charge in [0, 0.05) is 50.9 Å². The summed E-state index contributed by atoms with van der Waals surface area (Å²) in [6.07, 6.45) is 5.83. The first-order chi connectivity index (χ1) is 15.6. The lowest BCUT2D eigenvalue weighted by Crippen LogP contribution is -2.63. The SMILES string of the molecule is COc1cc(-c2cnn3cc(N4CC(N5CCN(C)CC5)C4)cnc23)cc(OC)c1OC. The largest absolute Gasteiger partial charge is 0.493 e. The second kappa shape index (κ2) is 8.48. The van der Waals surface area contributed by atoms with E-state index in [0.717, 1.165) is 61.7 Å². The Hall–Kier alpha value is -3.04. The average Bonchev–Trinajstić information content (AvgIpc) is 3.21. The molecule has 4 heterocycles. The molecule has 9 heteroatoms. The van der Waals surface area contributed by atoms with Gasteiger partial charge in [-0.2, -0.15) is 5.10 Å². The number of hydrogen-bond acceptors (Lipinski definition) is 8. The highest BCUT2D eigenvalue weighted by Crippen LogP contribution is 2.41. The molecular formula is C23H30N6O3. The molecule has 2 aromatic heterocycles. The van der Waals surface area contributed by atoms with E-state index in [9.17, 15) is 0 Å². The lowest BCUT2D eigenvalue weighted by atomic mass is 10.1. The topological polar surface area (TPSA) is 67.6 Å². The van der Waals surface area contributed by atoms with E-state index in [4.69, 9.17) is 19.2 Å². The molecule has 5 rings (SSSR count). The van der Waals surface area contributed by atoms with Gasteiger partial charge >= 0.3 is 0 Å². The van der Waals surface area contributed by atoms with Gasteiger partial charge in [-0.25, -0.2) is 9.50 Å². The first-order valence-electron chi connectivity index (χ1n) is 10.9. The van der Waals surface area contributed by atoms with Gasteiger partial charge in [-0.1, -0.05) is 0 Å². The Morgan fingerprint density at radius 1 is 0.906 bits per heavy atom. The molecule has 2 aliphatic rings.